The van der Waals surface area contributed by atoms with Gasteiger partial charge >= 0.3 is 0 Å². The summed E-state index contributed by atoms with van der Waals surface area (Å²) in [5.74, 6) is 0.853. The van der Waals surface area contributed by atoms with Crippen molar-refractivity contribution >= 4 is 17.2 Å². The third-order valence-electron chi connectivity index (χ3n) is 2.89. The topological polar surface area (TPSA) is 0 Å². The molecule has 1 atom stereocenters. The summed E-state index contributed by atoms with van der Waals surface area (Å²) in [6.07, 6.45) is 6.12. The number of hydrogen-bond donors (Lipinski definition) is 0. The van der Waals surface area contributed by atoms with Gasteiger partial charge in [0.25, 0.3) is 0 Å². The van der Waals surface area contributed by atoms with Crippen molar-refractivity contribution in [1.29, 1.82) is 0 Å². The summed E-state index contributed by atoms with van der Waals surface area (Å²) in [7, 11) is 0. The van der Waals surface area contributed by atoms with Crippen molar-refractivity contribution in [1.82, 2.24) is 0 Å². The van der Waals surface area contributed by atoms with E-state index in [0.717, 1.165) is 10.9 Å². The van der Waals surface area contributed by atoms with E-state index in [1.54, 1.807) is 0 Å². The Bertz CT molecular complexity index is 335. The molecule has 0 saturated carbocycles. The first-order chi connectivity index (χ1) is 6.75. The quantitative estimate of drug-likeness (QED) is 0.633. The predicted molar refractivity (Wildman–Crippen MR) is 62.4 cm³/mol. The van der Waals surface area contributed by atoms with Crippen LogP contribution in [0.2, 0.25) is 5.02 Å². The minimum absolute atomic E-state index is 0.818. The Balaban J connectivity index is 2.19. The van der Waals surface area contributed by atoms with Crippen molar-refractivity contribution in [2.45, 2.75) is 26.2 Å². The van der Waals surface area contributed by atoms with Gasteiger partial charge in [0.05, 0.1) is 0 Å². The molecule has 0 spiro atoms. The Labute approximate surface area is 90.6 Å². The van der Waals surface area contributed by atoms with E-state index in [9.17, 15) is 0 Å². The average Bonchev–Trinajstić information content (AvgIpc) is 2.21. The Morgan fingerprint density at radius 1 is 1.21 bits per heavy atom. The molecule has 1 aromatic carbocycles. The molecule has 14 heavy (non-hydrogen) atoms. The molecule has 0 amide bonds. The Morgan fingerprint density at radius 2 is 1.93 bits per heavy atom. The number of allylic oxidation sites excluding steroid dienone is 2. The van der Waals surface area contributed by atoms with E-state index in [1.807, 2.05) is 12.1 Å². The number of hydrogen-bond acceptors (Lipinski definition) is 0. The van der Waals surface area contributed by atoms with Crippen molar-refractivity contribution in [2.24, 2.45) is 5.92 Å². The lowest BCUT2D eigenvalue weighted by Crippen LogP contribution is -2.00. The average molecular weight is 207 g/mol. The van der Waals surface area contributed by atoms with E-state index < -0.39 is 0 Å². The molecule has 0 nitrogen and oxygen atoms in total. The molecular weight excluding hydrogens is 192 g/mol. The van der Waals surface area contributed by atoms with E-state index in [4.69, 9.17) is 11.6 Å². The van der Waals surface area contributed by atoms with Crippen LogP contribution in [0.1, 0.15) is 31.7 Å². The number of halogens is 1. The van der Waals surface area contributed by atoms with Crippen LogP contribution in [0.3, 0.4) is 0 Å². The summed E-state index contributed by atoms with van der Waals surface area (Å²) in [6, 6.07) is 8.17. The molecule has 1 aliphatic carbocycles. The highest BCUT2D eigenvalue weighted by Gasteiger charge is 2.10. The predicted octanol–water partition coefficient (Wildman–Crippen LogP) is 4.54. The molecule has 0 aliphatic heterocycles. The number of benzene rings is 1. The molecule has 1 aromatic rings. The molecule has 0 saturated heterocycles. The Hall–Kier alpha value is -0.750. The summed E-state index contributed by atoms with van der Waals surface area (Å²) in [5, 5.41) is 0.818. The molecule has 0 fully saturated rings. The van der Waals surface area contributed by atoms with Crippen LogP contribution in [0.15, 0.2) is 30.3 Å². The first-order valence-corrected chi connectivity index (χ1v) is 5.58. The van der Waals surface area contributed by atoms with Crippen molar-refractivity contribution < 1.29 is 0 Å². The molecule has 74 valence electrons. The van der Waals surface area contributed by atoms with Gasteiger partial charge in [-0.1, -0.05) is 36.7 Å². The van der Waals surface area contributed by atoms with Gasteiger partial charge < -0.3 is 0 Å². The molecule has 1 heteroatoms. The molecule has 0 heterocycles. The highest BCUT2D eigenvalue weighted by atomic mass is 35.5. The van der Waals surface area contributed by atoms with Gasteiger partial charge in [-0.2, -0.15) is 0 Å². The zero-order valence-electron chi connectivity index (χ0n) is 8.46. The van der Waals surface area contributed by atoms with Gasteiger partial charge in [0, 0.05) is 5.02 Å². The van der Waals surface area contributed by atoms with Crippen LogP contribution in [0, 0.1) is 5.92 Å². The lowest BCUT2D eigenvalue weighted by molar-refractivity contribution is 0.534. The van der Waals surface area contributed by atoms with E-state index >= 15 is 0 Å². The monoisotopic (exact) mass is 206 g/mol. The molecule has 0 aromatic heterocycles. The van der Waals surface area contributed by atoms with E-state index in [-0.39, 0.29) is 0 Å². The second-order valence-electron chi connectivity index (χ2n) is 4.12. The summed E-state index contributed by atoms with van der Waals surface area (Å²) in [4.78, 5) is 0. The van der Waals surface area contributed by atoms with Gasteiger partial charge in [0.2, 0.25) is 0 Å². The first kappa shape index (κ1) is 9.79. The molecule has 0 unspecified atom stereocenters. The van der Waals surface area contributed by atoms with Gasteiger partial charge in [0.1, 0.15) is 0 Å². The van der Waals surface area contributed by atoms with Crippen LogP contribution in [0.25, 0.3) is 5.57 Å². The third kappa shape index (κ3) is 2.19. The smallest absolute Gasteiger partial charge is 0.0406 e. The van der Waals surface area contributed by atoms with Crippen LogP contribution < -0.4 is 0 Å². The van der Waals surface area contributed by atoms with Crippen LogP contribution in [-0.2, 0) is 0 Å². The van der Waals surface area contributed by atoms with Crippen molar-refractivity contribution in [2.75, 3.05) is 0 Å². The highest BCUT2D eigenvalue weighted by molar-refractivity contribution is 6.30. The first-order valence-electron chi connectivity index (χ1n) is 5.20. The van der Waals surface area contributed by atoms with Crippen LogP contribution >= 0.6 is 11.6 Å². The van der Waals surface area contributed by atoms with E-state index in [1.165, 1.54) is 30.4 Å². The Morgan fingerprint density at radius 3 is 2.50 bits per heavy atom. The van der Waals surface area contributed by atoms with Crippen LogP contribution in [-0.4, -0.2) is 0 Å². The van der Waals surface area contributed by atoms with Gasteiger partial charge in [-0.3, -0.25) is 0 Å². The third-order valence-corrected chi connectivity index (χ3v) is 3.14. The van der Waals surface area contributed by atoms with Crippen molar-refractivity contribution in [3.05, 3.63) is 40.9 Å². The fourth-order valence-corrected chi connectivity index (χ4v) is 2.02. The second-order valence-corrected chi connectivity index (χ2v) is 4.55. The van der Waals surface area contributed by atoms with Gasteiger partial charge in [-0.05, 0) is 48.4 Å². The molecule has 2 rings (SSSR count). The normalized spacial score (nSPS) is 21.9. The van der Waals surface area contributed by atoms with E-state index in [0.29, 0.717) is 0 Å². The van der Waals surface area contributed by atoms with Crippen LogP contribution in [0.5, 0.6) is 0 Å². The lowest BCUT2D eigenvalue weighted by Gasteiger charge is -2.18. The SMILES string of the molecule is C[C@@H]1CC=C(c2ccc(Cl)cc2)CC1. The molecular formula is C13H15Cl. The lowest BCUT2D eigenvalue weighted by atomic mass is 9.88. The zero-order valence-corrected chi connectivity index (χ0v) is 9.22. The van der Waals surface area contributed by atoms with E-state index in [2.05, 4.69) is 25.1 Å². The van der Waals surface area contributed by atoms with Gasteiger partial charge in [-0.15, -0.1) is 0 Å². The fraction of sp³-hybridized carbons (Fsp3) is 0.385. The minimum atomic E-state index is 0.818. The zero-order chi connectivity index (χ0) is 9.97. The molecule has 1 aliphatic rings. The van der Waals surface area contributed by atoms with Gasteiger partial charge in [-0.25, -0.2) is 0 Å². The Kier molecular flexibility index (Phi) is 2.93. The summed E-state index contributed by atoms with van der Waals surface area (Å²) >= 11 is 5.85. The standard InChI is InChI=1S/C13H15Cl/c1-10-2-4-11(5-3-10)12-6-8-13(14)9-7-12/h4,6-10H,2-3,5H2,1H3/t10-/m1/s1. The van der Waals surface area contributed by atoms with Gasteiger partial charge in [0.15, 0.2) is 0 Å². The minimum Gasteiger partial charge on any atom is -0.0843 e. The summed E-state index contributed by atoms with van der Waals surface area (Å²) in [5.41, 5.74) is 2.82. The molecule has 0 N–H and O–H groups in total. The maximum absolute atomic E-state index is 5.85. The maximum Gasteiger partial charge on any atom is 0.0406 e. The summed E-state index contributed by atoms with van der Waals surface area (Å²) in [6.45, 7) is 2.31. The highest BCUT2D eigenvalue weighted by Crippen LogP contribution is 2.30. The second kappa shape index (κ2) is 4.18. The molecule has 0 bridgehead atoms. The largest absolute Gasteiger partial charge is 0.0843 e. The van der Waals surface area contributed by atoms with Crippen molar-refractivity contribution in [3.63, 3.8) is 0 Å². The van der Waals surface area contributed by atoms with Crippen molar-refractivity contribution in [3.8, 4) is 0 Å². The number of rotatable bonds is 1. The van der Waals surface area contributed by atoms with Crippen LogP contribution in [0.4, 0.5) is 0 Å². The summed E-state index contributed by atoms with van der Waals surface area (Å²) < 4.78 is 0. The fourth-order valence-electron chi connectivity index (χ4n) is 1.89. The maximum atomic E-state index is 5.85. The molecule has 0 radical (unpaired) electrons.